The van der Waals surface area contributed by atoms with E-state index in [0.717, 1.165) is 38.2 Å². The van der Waals surface area contributed by atoms with Crippen LogP contribution in [0.1, 0.15) is 18.9 Å². The predicted molar refractivity (Wildman–Crippen MR) is 72.4 cm³/mol. The van der Waals surface area contributed by atoms with E-state index in [0.29, 0.717) is 5.92 Å². The standard InChI is InChI=1S/C14H24N2O/c1-12(7-9-15)11-16-10-8-13-3-5-14(17-2)6-4-13/h3-6,12,16H,7-11,15H2,1-2H3. The molecule has 0 saturated carbocycles. The summed E-state index contributed by atoms with van der Waals surface area (Å²) >= 11 is 0. The Morgan fingerprint density at radius 1 is 1.29 bits per heavy atom. The zero-order valence-electron chi connectivity index (χ0n) is 10.9. The zero-order valence-corrected chi connectivity index (χ0v) is 10.9. The van der Waals surface area contributed by atoms with E-state index in [1.165, 1.54) is 5.56 Å². The molecule has 0 spiro atoms. The quantitative estimate of drug-likeness (QED) is 0.677. The second-order valence-electron chi connectivity index (χ2n) is 4.48. The first kappa shape index (κ1) is 14.0. The molecule has 3 N–H and O–H groups in total. The average Bonchev–Trinajstić information content (AvgIpc) is 2.36. The lowest BCUT2D eigenvalue weighted by Crippen LogP contribution is -2.24. The number of benzene rings is 1. The summed E-state index contributed by atoms with van der Waals surface area (Å²) in [5.41, 5.74) is 6.85. The minimum atomic E-state index is 0.663. The molecule has 17 heavy (non-hydrogen) atoms. The second-order valence-corrected chi connectivity index (χ2v) is 4.48. The van der Waals surface area contributed by atoms with Crippen molar-refractivity contribution < 1.29 is 4.74 Å². The highest BCUT2D eigenvalue weighted by Crippen LogP contribution is 2.11. The molecule has 0 fully saturated rings. The molecule has 0 amide bonds. The number of hydrogen-bond donors (Lipinski definition) is 2. The maximum atomic E-state index is 5.51. The van der Waals surface area contributed by atoms with Gasteiger partial charge in [0.2, 0.25) is 0 Å². The molecule has 1 atom stereocenters. The minimum Gasteiger partial charge on any atom is -0.497 e. The Balaban J connectivity index is 2.17. The molecule has 1 aromatic carbocycles. The Kier molecular flexibility index (Phi) is 6.67. The molecule has 0 heterocycles. The molecule has 1 rings (SSSR count). The monoisotopic (exact) mass is 236 g/mol. The van der Waals surface area contributed by atoms with Gasteiger partial charge in [0.15, 0.2) is 0 Å². The largest absolute Gasteiger partial charge is 0.497 e. The van der Waals surface area contributed by atoms with Crippen molar-refractivity contribution >= 4 is 0 Å². The Morgan fingerprint density at radius 2 is 2.00 bits per heavy atom. The fraction of sp³-hybridized carbons (Fsp3) is 0.571. The van der Waals surface area contributed by atoms with E-state index in [1.807, 2.05) is 12.1 Å². The van der Waals surface area contributed by atoms with Gasteiger partial charge >= 0.3 is 0 Å². The van der Waals surface area contributed by atoms with Crippen LogP contribution >= 0.6 is 0 Å². The van der Waals surface area contributed by atoms with E-state index < -0.39 is 0 Å². The van der Waals surface area contributed by atoms with Gasteiger partial charge in [0.25, 0.3) is 0 Å². The number of methoxy groups -OCH3 is 1. The summed E-state index contributed by atoms with van der Waals surface area (Å²) in [7, 11) is 1.69. The van der Waals surface area contributed by atoms with Crippen molar-refractivity contribution in [2.24, 2.45) is 11.7 Å². The smallest absolute Gasteiger partial charge is 0.118 e. The molecule has 0 saturated heterocycles. The summed E-state index contributed by atoms with van der Waals surface area (Å²) in [6.45, 7) is 5.07. The maximum Gasteiger partial charge on any atom is 0.118 e. The van der Waals surface area contributed by atoms with Gasteiger partial charge in [-0.05, 0) is 56.1 Å². The summed E-state index contributed by atoms with van der Waals surface area (Å²) in [6.07, 6.45) is 2.15. The van der Waals surface area contributed by atoms with Crippen LogP contribution in [0.25, 0.3) is 0 Å². The normalized spacial score (nSPS) is 12.4. The molecule has 0 bridgehead atoms. The third-order valence-corrected chi connectivity index (χ3v) is 2.90. The van der Waals surface area contributed by atoms with Gasteiger partial charge < -0.3 is 15.8 Å². The Hall–Kier alpha value is -1.06. The maximum absolute atomic E-state index is 5.51. The van der Waals surface area contributed by atoms with E-state index >= 15 is 0 Å². The van der Waals surface area contributed by atoms with Crippen molar-refractivity contribution in [3.05, 3.63) is 29.8 Å². The van der Waals surface area contributed by atoms with Crippen molar-refractivity contribution in [1.82, 2.24) is 5.32 Å². The van der Waals surface area contributed by atoms with E-state index in [9.17, 15) is 0 Å². The Morgan fingerprint density at radius 3 is 2.59 bits per heavy atom. The summed E-state index contributed by atoms with van der Waals surface area (Å²) < 4.78 is 5.13. The molecule has 1 aromatic rings. The van der Waals surface area contributed by atoms with Crippen LogP contribution in [-0.4, -0.2) is 26.7 Å². The molecular weight excluding hydrogens is 212 g/mol. The lowest BCUT2D eigenvalue weighted by atomic mass is 10.1. The van der Waals surface area contributed by atoms with Crippen LogP contribution < -0.4 is 15.8 Å². The van der Waals surface area contributed by atoms with Crippen LogP contribution in [0, 0.1) is 5.92 Å². The average molecular weight is 236 g/mol. The summed E-state index contributed by atoms with van der Waals surface area (Å²) in [4.78, 5) is 0. The first-order valence-corrected chi connectivity index (χ1v) is 6.30. The molecule has 0 aromatic heterocycles. The topological polar surface area (TPSA) is 47.3 Å². The molecule has 0 aliphatic carbocycles. The SMILES string of the molecule is COc1ccc(CCNCC(C)CCN)cc1. The van der Waals surface area contributed by atoms with Gasteiger partial charge in [-0.2, -0.15) is 0 Å². The highest BCUT2D eigenvalue weighted by Gasteiger charge is 2.00. The number of rotatable bonds is 8. The third-order valence-electron chi connectivity index (χ3n) is 2.90. The van der Waals surface area contributed by atoms with Gasteiger partial charge in [-0.1, -0.05) is 19.1 Å². The fourth-order valence-electron chi connectivity index (χ4n) is 1.76. The van der Waals surface area contributed by atoms with Crippen molar-refractivity contribution in [2.45, 2.75) is 19.8 Å². The highest BCUT2D eigenvalue weighted by atomic mass is 16.5. The van der Waals surface area contributed by atoms with E-state index in [4.69, 9.17) is 10.5 Å². The molecule has 0 aliphatic heterocycles. The number of hydrogen-bond acceptors (Lipinski definition) is 3. The van der Waals surface area contributed by atoms with Gasteiger partial charge in [-0.15, -0.1) is 0 Å². The van der Waals surface area contributed by atoms with Crippen LogP contribution in [-0.2, 0) is 6.42 Å². The Labute approximate surface area is 104 Å². The van der Waals surface area contributed by atoms with Crippen molar-refractivity contribution in [3.8, 4) is 5.75 Å². The first-order chi connectivity index (χ1) is 8.26. The van der Waals surface area contributed by atoms with Crippen molar-refractivity contribution in [3.63, 3.8) is 0 Å². The first-order valence-electron chi connectivity index (χ1n) is 6.30. The van der Waals surface area contributed by atoms with Gasteiger partial charge in [0, 0.05) is 0 Å². The fourth-order valence-corrected chi connectivity index (χ4v) is 1.76. The van der Waals surface area contributed by atoms with Gasteiger partial charge in [0.05, 0.1) is 7.11 Å². The summed E-state index contributed by atoms with van der Waals surface area (Å²) in [5, 5.41) is 3.46. The van der Waals surface area contributed by atoms with Gasteiger partial charge in [-0.3, -0.25) is 0 Å². The van der Waals surface area contributed by atoms with Crippen molar-refractivity contribution in [1.29, 1.82) is 0 Å². The van der Waals surface area contributed by atoms with E-state index in [2.05, 4.69) is 24.4 Å². The van der Waals surface area contributed by atoms with E-state index in [1.54, 1.807) is 7.11 Å². The highest BCUT2D eigenvalue weighted by molar-refractivity contribution is 5.27. The number of nitrogens with one attached hydrogen (secondary N) is 1. The molecule has 3 heteroatoms. The molecular formula is C14H24N2O. The Bertz CT molecular complexity index is 298. The van der Waals surface area contributed by atoms with Gasteiger partial charge in [0.1, 0.15) is 5.75 Å². The van der Waals surface area contributed by atoms with E-state index in [-0.39, 0.29) is 0 Å². The van der Waals surface area contributed by atoms with Crippen LogP contribution in [0.2, 0.25) is 0 Å². The van der Waals surface area contributed by atoms with Crippen LogP contribution in [0.4, 0.5) is 0 Å². The zero-order chi connectivity index (χ0) is 12.5. The van der Waals surface area contributed by atoms with Crippen LogP contribution in [0.3, 0.4) is 0 Å². The number of ether oxygens (including phenoxy) is 1. The number of nitrogens with two attached hydrogens (primary N) is 1. The molecule has 0 aliphatic rings. The second kappa shape index (κ2) is 8.09. The third kappa shape index (κ3) is 5.71. The molecule has 96 valence electrons. The van der Waals surface area contributed by atoms with Crippen LogP contribution in [0.5, 0.6) is 5.75 Å². The predicted octanol–water partition coefficient (Wildman–Crippen LogP) is 1.81. The lowest BCUT2D eigenvalue weighted by Gasteiger charge is -2.11. The van der Waals surface area contributed by atoms with Crippen LogP contribution in [0.15, 0.2) is 24.3 Å². The molecule has 1 unspecified atom stereocenters. The minimum absolute atomic E-state index is 0.663. The molecule has 0 radical (unpaired) electrons. The lowest BCUT2D eigenvalue weighted by molar-refractivity contribution is 0.414. The summed E-state index contributed by atoms with van der Waals surface area (Å²) in [6, 6.07) is 8.24. The molecule has 3 nitrogen and oxygen atoms in total. The summed E-state index contributed by atoms with van der Waals surface area (Å²) in [5.74, 6) is 1.58. The van der Waals surface area contributed by atoms with Crippen molar-refractivity contribution in [2.75, 3.05) is 26.7 Å². The van der Waals surface area contributed by atoms with Gasteiger partial charge in [-0.25, -0.2) is 0 Å².